The number of aromatic nitrogens is 1. The van der Waals surface area contributed by atoms with Crippen LogP contribution in [0.1, 0.15) is 30.4 Å². The van der Waals surface area contributed by atoms with Crippen molar-refractivity contribution in [1.82, 2.24) is 10.3 Å². The number of nitrogens with zero attached hydrogens (tertiary/aromatic N) is 1. The number of piperidine rings is 1. The molecule has 1 aromatic rings. The van der Waals surface area contributed by atoms with Crippen molar-refractivity contribution < 1.29 is 9.52 Å². The zero-order valence-corrected chi connectivity index (χ0v) is 7.49. The van der Waals surface area contributed by atoms with Gasteiger partial charge in [-0.25, -0.2) is 4.98 Å². The summed E-state index contributed by atoms with van der Waals surface area (Å²) in [7, 11) is 0. The summed E-state index contributed by atoms with van der Waals surface area (Å²) in [5, 5.41) is 12.1. The van der Waals surface area contributed by atoms with E-state index in [2.05, 4.69) is 10.3 Å². The van der Waals surface area contributed by atoms with Gasteiger partial charge in [0.1, 0.15) is 12.4 Å². The lowest BCUT2D eigenvalue weighted by molar-refractivity contribution is 0.238. The van der Waals surface area contributed by atoms with Crippen molar-refractivity contribution in [2.45, 2.75) is 25.4 Å². The SMILES string of the molecule is OCc1cnc(C2CCNCC2)o1. The first-order valence-electron chi connectivity index (χ1n) is 4.66. The molecule has 1 aliphatic rings. The lowest BCUT2D eigenvalue weighted by Crippen LogP contribution is -2.26. The number of rotatable bonds is 2. The lowest BCUT2D eigenvalue weighted by Gasteiger charge is -2.19. The number of aliphatic hydroxyl groups is 1. The Labute approximate surface area is 77.0 Å². The molecule has 13 heavy (non-hydrogen) atoms. The molecule has 0 amide bonds. The summed E-state index contributed by atoms with van der Waals surface area (Å²) in [6.45, 7) is 2.00. The smallest absolute Gasteiger partial charge is 0.197 e. The van der Waals surface area contributed by atoms with Gasteiger partial charge in [-0.2, -0.15) is 0 Å². The molecular formula is C9H14N2O2. The minimum Gasteiger partial charge on any atom is -0.443 e. The minimum atomic E-state index is -0.0576. The highest BCUT2D eigenvalue weighted by Gasteiger charge is 2.19. The van der Waals surface area contributed by atoms with E-state index in [1.54, 1.807) is 6.20 Å². The fourth-order valence-electron chi connectivity index (χ4n) is 1.65. The summed E-state index contributed by atoms with van der Waals surface area (Å²) >= 11 is 0. The van der Waals surface area contributed by atoms with Crippen LogP contribution in [0.3, 0.4) is 0 Å². The van der Waals surface area contributed by atoms with E-state index in [9.17, 15) is 0 Å². The second kappa shape index (κ2) is 3.89. The minimum absolute atomic E-state index is 0.0576. The third kappa shape index (κ3) is 1.89. The first-order valence-corrected chi connectivity index (χ1v) is 4.66. The van der Waals surface area contributed by atoms with Gasteiger partial charge in [0.05, 0.1) is 6.20 Å². The average Bonchev–Trinajstić information content (AvgIpc) is 2.67. The van der Waals surface area contributed by atoms with Gasteiger partial charge in [0, 0.05) is 5.92 Å². The molecule has 2 heterocycles. The second-order valence-electron chi connectivity index (χ2n) is 3.35. The van der Waals surface area contributed by atoms with Gasteiger partial charge in [0.25, 0.3) is 0 Å². The molecule has 0 spiro atoms. The molecule has 1 aromatic heterocycles. The Morgan fingerprint density at radius 3 is 2.92 bits per heavy atom. The standard InChI is InChI=1S/C9H14N2O2/c12-6-8-5-11-9(13-8)7-1-3-10-4-2-7/h5,7,10,12H,1-4,6H2. The van der Waals surface area contributed by atoms with Gasteiger partial charge in [0.2, 0.25) is 0 Å². The van der Waals surface area contributed by atoms with Crippen molar-refractivity contribution in [2.24, 2.45) is 0 Å². The molecule has 0 unspecified atom stereocenters. The molecule has 2 rings (SSSR count). The van der Waals surface area contributed by atoms with E-state index in [0.717, 1.165) is 31.8 Å². The molecule has 4 heteroatoms. The van der Waals surface area contributed by atoms with E-state index < -0.39 is 0 Å². The molecule has 0 radical (unpaired) electrons. The van der Waals surface area contributed by atoms with Gasteiger partial charge in [-0.05, 0) is 25.9 Å². The third-order valence-electron chi connectivity index (χ3n) is 2.42. The molecule has 1 aliphatic heterocycles. The van der Waals surface area contributed by atoms with Gasteiger partial charge >= 0.3 is 0 Å². The zero-order chi connectivity index (χ0) is 9.10. The highest BCUT2D eigenvalue weighted by atomic mass is 16.4. The maximum atomic E-state index is 8.80. The fourth-order valence-corrected chi connectivity index (χ4v) is 1.65. The Balaban J connectivity index is 2.05. The Morgan fingerprint density at radius 1 is 1.54 bits per heavy atom. The van der Waals surface area contributed by atoms with Crippen molar-refractivity contribution in [2.75, 3.05) is 13.1 Å². The van der Waals surface area contributed by atoms with Gasteiger partial charge in [-0.1, -0.05) is 0 Å². The maximum absolute atomic E-state index is 8.80. The third-order valence-corrected chi connectivity index (χ3v) is 2.42. The van der Waals surface area contributed by atoms with Crippen LogP contribution >= 0.6 is 0 Å². The first-order chi connectivity index (χ1) is 6.40. The Kier molecular flexibility index (Phi) is 2.61. The summed E-state index contributed by atoms with van der Waals surface area (Å²) < 4.78 is 5.38. The van der Waals surface area contributed by atoms with Crippen LogP contribution in [-0.2, 0) is 6.61 Å². The summed E-state index contributed by atoms with van der Waals surface area (Å²) in [4.78, 5) is 4.16. The van der Waals surface area contributed by atoms with Gasteiger partial charge in [-0.3, -0.25) is 0 Å². The number of nitrogens with one attached hydrogen (secondary N) is 1. The summed E-state index contributed by atoms with van der Waals surface area (Å²) in [6.07, 6.45) is 3.76. The van der Waals surface area contributed by atoms with Crippen LogP contribution in [0.4, 0.5) is 0 Å². The summed E-state index contributed by atoms with van der Waals surface area (Å²) in [5.74, 6) is 1.78. The molecular weight excluding hydrogens is 168 g/mol. The van der Waals surface area contributed by atoms with Crippen molar-refractivity contribution in [3.8, 4) is 0 Å². The molecule has 4 nitrogen and oxygen atoms in total. The average molecular weight is 182 g/mol. The van der Waals surface area contributed by atoms with E-state index in [0.29, 0.717) is 11.7 Å². The van der Waals surface area contributed by atoms with E-state index in [-0.39, 0.29) is 6.61 Å². The van der Waals surface area contributed by atoms with E-state index >= 15 is 0 Å². The van der Waals surface area contributed by atoms with E-state index in [1.165, 1.54) is 0 Å². The molecule has 0 bridgehead atoms. The number of hydrogen-bond acceptors (Lipinski definition) is 4. The second-order valence-corrected chi connectivity index (χ2v) is 3.35. The largest absolute Gasteiger partial charge is 0.443 e. The Hall–Kier alpha value is -0.870. The summed E-state index contributed by atoms with van der Waals surface area (Å²) in [5.41, 5.74) is 0. The molecule has 0 atom stereocenters. The predicted octanol–water partition coefficient (Wildman–Crippen LogP) is 0.634. The van der Waals surface area contributed by atoms with Gasteiger partial charge in [0.15, 0.2) is 5.89 Å². The normalized spacial score (nSPS) is 19.2. The van der Waals surface area contributed by atoms with Crippen LogP contribution in [0.2, 0.25) is 0 Å². The topological polar surface area (TPSA) is 58.3 Å². The number of oxazole rings is 1. The van der Waals surface area contributed by atoms with Crippen LogP contribution in [0.5, 0.6) is 0 Å². The first kappa shape index (κ1) is 8.72. The van der Waals surface area contributed by atoms with Crippen molar-refractivity contribution in [1.29, 1.82) is 0 Å². The van der Waals surface area contributed by atoms with E-state index in [4.69, 9.17) is 9.52 Å². The molecule has 72 valence electrons. The van der Waals surface area contributed by atoms with Crippen LogP contribution in [0.25, 0.3) is 0 Å². The molecule has 0 aromatic carbocycles. The molecule has 2 N–H and O–H groups in total. The van der Waals surface area contributed by atoms with E-state index in [1.807, 2.05) is 0 Å². The molecule has 1 saturated heterocycles. The monoisotopic (exact) mass is 182 g/mol. The Bertz CT molecular complexity index is 266. The number of hydrogen-bond donors (Lipinski definition) is 2. The highest BCUT2D eigenvalue weighted by Crippen LogP contribution is 2.24. The van der Waals surface area contributed by atoms with Crippen molar-refractivity contribution in [3.63, 3.8) is 0 Å². The van der Waals surface area contributed by atoms with Crippen LogP contribution in [-0.4, -0.2) is 23.2 Å². The number of aliphatic hydroxyl groups excluding tert-OH is 1. The van der Waals surface area contributed by atoms with Crippen LogP contribution in [0.15, 0.2) is 10.6 Å². The summed E-state index contributed by atoms with van der Waals surface area (Å²) in [6, 6.07) is 0. The zero-order valence-electron chi connectivity index (χ0n) is 7.49. The van der Waals surface area contributed by atoms with Crippen LogP contribution < -0.4 is 5.32 Å². The van der Waals surface area contributed by atoms with Crippen LogP contribution in [0, 0.1) is 0 Å². The lowest BCUT2D eigenvalue weighted by atomic mass is 9.98. The quantitative estimate of drug-likeness (QED) is 0.704. The fraction of sp³-hybridized carbons (Fsp3) is 0.667. The van der Waals surface area contributed by atoms with Gasteiger partial charge in [-0.15, -0.1) is 0 Å². The van der Waals surface area contributed by atoms with Gasteiger partial charge < -0.3 is 14.8 Å². The maximum Gasteiger partial charge on any atom is 0.197 e. The Morgan fingerprint density at radius 2 is 2.31 bits per heavy atom. The van der Waals surface area contributed by atoms with Crippen molar-refractivity contribution >= 4 is 0 Å². The molecule has 0 saturated carbocycles. The molecule has 0 aliphatic carbocycles. The van der Waals surface area contributed by atoms with Crippen molar-refractivity contribution in [3.05, 3.63) is 17.8 Å². The molecule has 1 fully saturated rings. The highest BCUT2D eigenvalue weighted by molar-refractivity contribution is 4.99. The predicted molar refractivity (Wildman–Crippen MR) is 47.3 cm³/mol.